The molecule has 0 bridgehead atoms. The molecule has 0 atom stereocenters. The Hall–Kier alpha value is -2.01. The Morgan fingerprint density at radius 3 is 2.55 bits per heavy atom. The van der Waals surface area contributed by atoms with E-state index >= 15 is 0 Å². The normalized spacial score (nSPS) is 15.8. The number of esters is 1. The number of nitrogens with zero attached hydrogens (tertiary/aromatic N) is 2. The SMILES string of the molecule is COCCn1c(C)cc(C(=O)COC(=O)C2CCN(S(=O)(=O)c3cccs3)CC2)c1C. The number of methoxy groups -OCH3 is 1. The molecule has 31 heavy (non-hydrogen) atoms. The van der Waals surface area contributed by atoms with Gasteiger partial charge >= 0.3 is 5.97 Å². The summed E-state index contributed by atoms with van der Waals surface area (Å²) in [5, 5.41) is 1.73. The first-order chi connectivity index (χ1) is 14.8. The number of rotatable bonds is 9. The van der Waals surface area contributed by atoms with Crippen LogP contribution in [0.4, 0.5) is 0 Å². The fourth-order valence-corrected chi connectivity index (χ4v) is 6.43. The number of carbonyl (C=O) groups excluding carboxylic acids is 2. The van der Waals surface area contributed by atoms with Gasteiger partial charge in [-0.2, -0.15) is 4.31 Å². The number of piperidine rings is 1. The number of hydrogen-bond acceptors (Lipinski definition) is 7. The van der Waals surface area contributed by atoms with Crippen molar-refractivity contribution < 1.29 is 27.5 Å². The molecule has 0 aliphatic carbocycles. The van der Waals surface area contributed by atoms with Crippen LogP contribution in [-0.2, 0) is 30.8 Å². The molecule has 1 aliphatic heterocycles. The van der Waals surface area contributed by atoms with Gasteiger partial charge in [-0.25, -0.2) is 8.42 Å². The van der Waals surface area contributed by atoms with Crippen LogP contribution in [0.2, 0.25) is 0 Å². The maximum atomic E-state index is 12.6. The van der Waals surface area contributed by atoms with E-state index in [9.17, 15) is 18.0 Å². The van der Waals surface area contributed by atoms with Gasteiger partial charge in [0.15, 0.2) is 6.61 Å². The third-order valence-corrected chi connectivity index (χ3v) is 8.89. The van der Waals surface area contributed by atoms with Gasteiger partial charge in [0.2, 0.25) is 5.78 Å². The van der Waals surface area contributed by atoms with Crippen LogP contribution < -0.4 is 0 Å². The van der Waals surface area contributed by atoms with E-state index in [1.807, 2.05) is 18.4 Å². The lowest BCUT2D eigenvalue weighted by molar-refractivity contribution is -0.148. The summed E-state index contributed by atoms with van der Waals surface area (Å²) in [4.78, 5) is 25.1. The van der Waals surface area contributed by atoms with E-state index in [-0.39, 0.29) is 25.5 Å². The second-order valence-electron chi connectivity index (χ2n) is 7.57. The average Bonchev–Trinajstić information content (AvgIpc) is 3.40. The molecular formula is C21H28N2O6S2. The van der Waals surface area contributed by atoms with Crippen LogP contribution in [0.15, 0.2) is 27.8 Å². The number of Topliss-reactive ketones (excluding diaryl/α,β-unsaturated/α-hetero) is 1. The number of thiophene rings is 1. The van der Waals surface area contributed by atoms with Crippen molar-refractivity contribution in [1.29, 1.82) is 0 Å². The number of aromatic nitrogens is 1. The first kappa shape index (κ1) is 23.6. The molecule has 0 spiro atoms. The lowest BCUT2D eigenvalue weighted by Crippen LogP contribution is -2.40. The molecule has 2 aromatic rings. The van der Waals surface area contributed by atoms with Crippen molar-refractivity contribution in [3.05, 3.63) is 40.5 Å². The fraction of sp³-hybridized carbons (Fsp3) is 0.524. The topological polar surface area (TPSA) is 94.9 Å². The highest BCUT2D eigenvalue weighted by Crippen LogP contribution is 2.27. The molecule has 10 heteroatoms. The van der Waals surface area contributed by atoms with Gasteiger partial charge in [-0.05, 0) is 44.2 Å². The highest BCUT2D eigenvalue weighted by Gasteiger charge is 2.33. The van der Waals surface area contributed by atoms with Crippen molar-refractivity contribution in [1.82, 2.24) is 8.87 Å². The predicted octanol–water partition coefficient (Wildman–Crippen LogP) is 2.64. The number of aryl methyl sites for hydroxylation is 1. The Kier molecular flexibility index (Phi) is 7.68. The highest BCUT2D eigenvalue weighted by atomic mass is 32.2. The van der Waals surface area contributed by atoms with Gasteiger partial charge in [-0.3, -0.25) is 9.59 Å². The smallest absolute Gasteiger partial charge is 0.309 e. The average molecular weight is 469 g/mol. The van der Waals surface area contributed by atoms with Crippen molar-refractivity contribution in [3.8, 4) is 0 Å². The minimum atomic E-state index is -3.51. The number of ether oxygens (including phenoxy) is 2. The molecule has 0 N–H and O–H groups in total. The van der Waals surface area contributed by atoms with Crippen LogP contribution in [0.3, 0.4) is 0 Å². The van der Waals surface area contributed by atoms with Gasteiger partial charge in [0.25, 0.3) is 10.0 Å². The summed E-state index contributed by atoms with van der Waals surface area (Å²) in [7, 11) is -1.88. The van der Waals surface area contributed by atoms with E-state index in [0.29, 0.717) is 35.8 Å². The number of hydrogen-bond donors (Lipinski definition) is 0. The molecule has 170 valence electrons. The van der Waals surface area contributed by atoms with Crippen molar-refractivity contribution in [2.24, 2.45) is 5.92 Å². The molecular weight excluding hydrogens is 440 g/mol. The van der Waals surface area contributed by atoms with Crippen molar-refractivity contribution in [2.45, 2.75) is 37.4 Å². The van der Waals surface area contributed by atoms with Gasteiger partial charge in [0.05, 0.1) is 12.5 Å². The molecule has 2 aromatic heterocycles. The van der Waals surface area contributed by atoms with Gasteiger partial charge in [0.1, 0.15) is 4.21 Å². The first-order valence-electron chi connectivity index (χ1n) is 10.1. The third kappa shape index (κ3) is 5.25. The molecule has 1 saturated heterocycles. The Morgan fingerprint density at radius 2 is 1.94 bits per heavy atom. The van der Waals surface area contributed by atoms with E-state index in [4.69, 9.17) is 9.47 Å². The fourth-order valence-electron chi connectivity index (χ4n) is 3.81. The molecule has 3 rings (SSSR count). The van der Waals surface area contributed by atoms with E-state index in [2.05, 4.69) is 0 Å². The largest absolute Gasteiger partial charge is 0.457 e. The summed E-state index contributed by atoms with van der Waals surface area (Å²) < 4.78 is 39.3. The minimum Gasteiger partial charge on any atom is -0.457 e. The van der Waals surface area contributed by atoms with Crippen LogP contribution in [-0.4, -0.2) is 62.5 Å². The summed E-state index contributed by atoms with van der Waals surface area (Å²) in [6, 6.07) is 5.08. The van der Waals surface area contributed by atoms with E-state index in [0.717, 1.165) is 11.4 Å². The molecule has 3 heterocycles. The maximum absolute atomic E-state index is 12.6. The van der Waals surface area contributed by atoms with Crippen LogP contribution in [0.25, 0.3) is 0 Å². The third-order valence-electron chi connectivity index (χ3n) is 5.62. The summed E-state index contributed by atoms with van der Waals surface area (Å²) in [6.07, 6.45) is 0.756. The van der Waals surface area contributed by atoms with Crippen LogP contribution >= 0.6 is 11.3 Å². The first-order valence-corrected chi connectivity index (χ1v) is 12.5. The predicted molar refractivity (Wildman–Crippen MR) is 117 cm³/mol. The zero-order valence-corrected chi connectivity index (χ0v) is 19.6. The Labute approximate surface area is 186 Å². The number of carbonyl (C=O) groups is 2. The van der Waals surface area contributed by atoms with Crippen molar-refractivity contribution in [3.63, 3.8) is 0 Å². The zero-order valence-electron chi connectivity index (χ0n) is 18.0. The Bertz CT molecular complexity index is 1020. The monoisotopic (exact) mass is 468 g/mol. The summed E-state index contributed by atoms with van der Waals surface area (Å²) in [5.74, 6) is -1.10. The lowest BCUT2D eigenvalue weighted by atomic mass is 9.98. The lowest BCUT2D eigenvalue weighted by Gasteiger charge is -2.29. The summed E-state index contributed by atoms with van der Waals surface area (Å²) >= 11 is 1.18. The molecule has 0 radical (unpaired) electrons. The second kappa shape index (κ2) is 10.1. The minimum absolute atomic E-state index is 0.247. The molecule has 0 unspecified atom stereocenters. The van der Waals surface area contributed by atoms with Crippen LogP contribution in [0.5, 0.6) is 0 Å². The molecule has 0 aromatic carbocycles. The molecule has 0 saturated carbocycles. The standard InChI is InChI=1S/C21H28N2O6S2/c1-15-13-18(16(2)23(15)10-11-28-3)19(24)14-29-21(25)17-6-8-22(9-7-17)31(26,27)20-5-4-12-30-20/h4-5,12-13,17H,6-11,14H2,1-3H3. The number of sulfonamides is 1. The Morgan fingerprint density at radius 1 is 1.23 bits per heavy atom. The maximum Gasteiger partial charge on any atom is 0.309 e. The van der Waals surface area contributed by atoms with Crippen molar-refractivity contribution >= 4 is 33.1 Å². The highest BCUT2D eigenvalue weighted by molar-refractivity contribution is 7.91. The summed E-state index contributed by atoms with van der Waals surface area (Å²) in [5.41, 5.74) is 2.31. The van der Waals surface area contributed by atoms with Gasteiger partial charge < -0.3 is 14.0 Å². The van der Waals surface area contributed by atoms with E-state index in [1.54, 1.807) is 30.7 Å². The molecule has 1 aliphatic rings. The van der Waals surface area contributed by atoms with E-state index < -0.39 is 21.9 Å². The van der Waals surface area contributed by atoms with Crippen molar-refractivity contribution in [2.75, 3.05) is 33.4 Å². The molecule has 8 nitrogen and oxygen atoms in total. The zero-order chi connectivity index (χ0) is 22.6. The Balaban J connectivity index is 1.52. The molecule has 1 fully saturated rings. The van der Waals surface area contributed by atoms with Crippen LogP contribution in [0, 0.1) is 19.8 Å². The molecule has 0 amide bonds. The van der Waals surface area contributed by atoms with E-state index in [1.165, 1.54) is 15.6 Å². The summed E-state index contributed by atoms with van der Waals surface area (Å²) in [6.45, 7) is 5.17. The second-order valence-corrected chi connectivity index (χ2v) is 10.7. The van der Waals surface area contributed by atoms with Gasteiger partial charge in [-0.15, -0.1) is 11.3 Å². The van der Waals surface area contributed by atoms with Crippen LogP contribution in [0.1, 0.15) is 34.6 Å². The van der Waals surface area contributed by atoms with Gasteiger partial charge in [0, 0.05) is 43.7 Å². The van der Waals surface area contributed by atoms with Gasteiger partial charge in [-0.1, -0.05) is 6.07 Å². The quantitative estimate of drug-likeness (QED) is 0.415. The number of ketones is 1.